The van der Waals surface area contributed by atoms with Crippen LogP contribution in [0.1, 0.15) is 25.3 Å². The van der Waals surface area contributed by atoms with E-state index in [1.807, 2.05) is 79.4 Å². The highest BCUT2D eigenvalue weighted by Crippen LogP contribution is 2.39. The van der Waals surface area contributed by atoms with E-state index in [1.165, 1.54) is 0 Å². The minimum absolute atomic E-state index is 0.00374. The second kappa shape index (κ2) is 10.3. The smallest absolute Gasteiger partial charge is 0.268 e. The topological polar surface area (TPSA) is 51.7 Å². The average Bonchev–Trinajstić information content (AvgIpc) is 3.38. The summed E-state index contributed by atoms with van der Waals surface area (Å²) in [5.74, 6) is 1.58. The molecule has 0 spiro atoms. The fourth-order valence-corrected chi connectivity index (χ4v) is 5.04. The summed E-state index contributed by atoms with van der Waals surface area (Å²) in [5, 5.41) is 3.03. The van der Waals surface area contributed by atoms with E-state index in [9.17, 15) is 4.79 Å². The number of nitrogens with zero attached hydrogens (tertiary/aromatic N) is 2. The Kier molecular flexibility index (Phi) is 6.82. The Morgan fingerprint density at radius 2 is 1.89 bits per heavy atom. The lowest BCUT2D eigenvalue weighted by molar-refractivity contribution is -0.126. The summed E-state index contributed by atoms with van der Waals surface area (Å²) in [4.78, 5) is 19.9. The van der Waals surface area contributed by atoms with Gasteiger partial charge in [-0.05, 0) is 55.7 Å². The van der Waals surface area contributed by atoms with Crippen LogP contribution < -0.4 is 14.4 Å². The summed E-state index contributed by atoms with van der Waals surface area (Å²) < 4.78 is 12.0. The largest absolute Gasteiger partial charge is 0.494 e. The Morgan fingerprint density at radius 3 is 2.69 bits per heavy atom. The van der Waals surface area contributed by atoms with Crippen molar-refractivity contribution in [1.29, 1.82) is 0 Å². The van der Waals surface area contributed by atoms with Gasteiger partial charge in [0.25, 0.3) is 5.91 Å². The molecule has 0 fully saturated rings. The van der Waals surface area contributed by atoms with Gasteiger partial charge in [0.2, 0.25) is 0 Å². The highest BCUT2D eigenvalue weighted by atomic mass is 32.1. The van der Waals surface area contributed by atoms with Crippen LogP contribution in [0.3, 0.4) is 0 Å². The molecule has 1 aromatic heterocycles. The van der Waals surface area contributed by atoms with Crippen LogP contribution in [0.2, 0.25) is 0 Å². The van der Waals surface area contributed by atoms with E-state index in [0.29, 0.717) is 26.0 Å². The highest BCUT2D eigenvalue weighted by Gasteiger charge is 2.33. The minimum atomic E-state index is -0.463. The number of aromatic nitrogens is 1. The first-order valence-electron chi connectivity index (χ1n) is 12.0. The van der Waals surface area contributed by atoms with Crippen LogP contribution in [0, 0.1) is 6.92 Å². The number of benzene rings is 3. The number of amides is 1. The van der Waals surface area contributed by atoms with Crippen LogP contribution >= 0.6 is 11.3 Å². The number of carbonyl (C=O) groups excluding carboxylic acids is 1. The maximum absolute atomic E-state index is 13.2. The minimum Gasteiger partial charge on any atom is -0.494 e. The molecule has 1 atom stereocenters. The third-order valence-corrected chi connectivity index (χ3v) is 6.93. The maximum Gasteiger partial charge on any atom is 0.268 e. The number of aryl methyl sites for hydroxylation is 1. The van der Waals surface area contributed by atoms with Crippen molar-refractivity contribution in [2.75, 3.05) is 18.1 Å². The lowest BCUT2D eigenvalue weighted by Crippen LogP contribution is -2.46. The molecule has 3 aromatic carbocycles. The van der Waals surface area contributed by atoms with Crippen molar-refractivity contribution >= 4 is 22.9 Å². The molecule has 1 amide bonds. The van der Waals surface area contributed by atoms with Gasteiger partial charge in [0.05, 0.1) is 18.0 Å². The predicted molar refractivity (Wildman–Crippen MR) is 141 cm³/mol. The quantitative estimate of drug-likeness (QED) is 0.259. The Morgan fingerprint density at radius 1 is 1.03 bits per heavy atom. The van der Waals surface area contributed by atoms with Gasteiger partial charge < -0.3 is 14.4 Å². The summed E-state index contributed by atoms with van der Waals surface area (Å²) in [7, 11) is 0. The second-order valence-corrected chi connectivity index (χ2v) is 9.47. The zero-order valence-corrected chi connectivity index (χ0v) is 20.8. The predicted octanol–water partition coefficient (Wildman–Crippen LogP) is 6.76. The first-order valence-corrected chi connectivity index (χ1v) is 12.8. The van der Waals surface area contributed by atoms with Crippen LogP contribution in [0.15, 0.2) is 78.2 Å². The van der Waals surface area contributed by atoms with Crippen molar-refractivity contribution in [3.8, 4) is 33.3 Å². The van der Waals surface area contributed by atoms with Crippen LogP contribution in [0.5, 0.6) is 11.5 Å². The fourth-order valence-electron chi connectivity index (χ4n) is 4.21. The number of rotatable bonds is 8. The number of anilines is 1. The standard InChI is InChI=1S/C29H28N2O3S/c1-3-26-29(32)31(15-8-16-33-23-12-7-9-20(2)17-23)25-18-22(13-14-27(25)34-26)24-19-35-28(30-24)21-10-5-4-6-11-21/h4-7,9-14,17-19,26H,3,8,15-16H2,1-2H3. The van der Waals surface area contributed by atoms with Crippen molar-refractivity contribution in [3.63, 3.8) is 0 Å². The SMILES string of the molecule is CCC1Oc2ccc(-c3csc(-c4ccccc4)n3)cc2N(CCCOc2cccc(C)c2)C1=O. The molecule has 0 radical (unpaired) electrons. The summed E-state index contributed by atoms with van der Waals surface area (Å²) >= 11 is 1.62. The van der Waals surface area contributed by atoms with Crippen molar-refractivity contribution in [1.82, 2.24) is 4.98 Å². The van der Waals surface area contributed by atoms with Gasteiger partial charge in [0, 0.05) is 23.1 Å². The molecule has 5 nitrogen and oxygen atoms in total. The molecular weight excluding hydrogens is 456 g/mol. The molecule has 0 saturated carbocycles. The molecule has 35 heavy (non-hydrogen) atoms. The molecule has 1 aliphatic rings. The summed E-state index contributed by atoms with van der Waals surface area (Å²) in [6.07, 6.45) is 0.882. The summed E-state index contributed by atoms with van der Waals surface area (Å²) in [6.45, 7) is 5.12. The third-order valence-electron chi connectivity index (χ3n) is 6.04. The van der Waals surface area contributed by atoms with Crippen molar-refractivity contribution in [3.05, 3.63) is 83.7 Å². The number of hydrogen-bond donors (Lipinski definition) is 0. The average molecular weight is 485 g/mol. The van der Waals surface area contributed by atoms with Gasteiger partial charge in [-0.1, -0.05) is 49.4 Å². The van der Waals surface area contributed by atoms with E-state index < -0.39 is 6.10 Å². The second-order valence-electron chi connectivity index (χ2n) is 8.61. The van der Waals surface area contributed by atoms with E-state index in [4.69, 9.17) is 14.5 Å². The Hall–Kier alpha value is -3.64. The first kappa shape index (κ1) is 23.1. The monoisotopic (exact) mass is 484 g/mol. The molecule has 6 heteroatoms. The number of thiazole rings is 1. The molecule has 4 aromatic rings. The van der Waals surface area contributed by atoms with Crippen LogP contribution in [0.25, 0.3) is 21.8 Å². The maximum atomic E-state index is 13.2. The van der Waals surface area contributed by atoms with Gasteiger partial charge in [0.15, 0.2) is 6.10 Å². The fraction of sp³-hybridized carbons (Fsp3) is 0.241. The van der Waals surface area contributed by atoms with Gasteiger partial charge in [0.1, 0.15) is 16.5 Å². The Balaban J connectivity index is 1.35. The van der Waals surface area contributed by atoms with Crippen molar-refractivity contribution in [2.45, 2.75) is 32.8 Å². The lowest BCUT2D eigenvalue weighted by atomic mass is 10.1. The molecule has 2 heterocycles. The zero-order valence-electron chi connectivity index (χ0n) is 19.9. The van der Waals surface area contributed by atoms with Crippen LogP contribution in [-0.4, -0.2) is 30.1 Å². The number of fused-ring (bicyclic) bond motifs is 1. The third kappa shape index (κ3) is 5.08. The van der Waals surface area contributed by atoms with Gasteiger partial charge in [-0.15, -0.1) is 11.3 Å². The van der Waals surface area contributed by atoms with Gasteiger partial charge in [-0.3, -0.25) is 4.79 Å². The van der Waals surface area contributed by atoms with E-state index in [-0.39, 0.29) is 5.91 Å². The van der Waals surface area contributed by atoms with Crippen LogP contribution in [-0.2, 0) is 4.79 Å². The Labute approximate surface area is 210 Å². The molecule has 0 N–H and O–H groups in total. The number of hydrogen-bond acceptors (Lipinski definition) is 5. The van der Waals surface area contributed by atoms with E-state index >= 15 is 0 Å². The number of ether oxygens (including phenoxy) is 2. The lowest BCUT2D eigenvalue weighted by Gasteiger charge is -2.34. The Bertz CT molecular complexity index is 1320. The molecule has 0 saturated heterocycles. The highest BCUT2D eigenvalue weighted by molar-refractivity contribution is 7.13. The van der Waals surface area contributed by atoms with Crippen molar-refractivity contribution in [2.24, 2.45) is 0 Å². The number of carbonyl (C=O) groups is 1. The van der Waals surface area contributed by atoms with Crippen molar-refractivity contribution < 1.29 is 14.3 Å². The van der Waals surface area contributed by atoms with E-state index in [2.05, 4.69) is 17.5 Å². The van der Waals surface area contributed by atoms with Gasteiger partial charge in [-0.25, -0.2) is 4.98 Å². The van der Waals surface area contributed by atoms with Crippen LogP contribution in [0.4, 0.5) is 5.69 Å². The summed E-state index contributed by atoms with van der Waals surface area (Å²) in [6, 6.07) is 24.2. The summed E-state index contributed by atoms with van der Waals surface area (Å²) in [5.41, 5.74) is 4.91. The molecule has 1 unspecified atom stereocenters. The molecule has 5 rings (SSSR count). The molecule has 0 aliphatic carbocycles. The first-order chi connectivity index (χ1) is 17.1. The molecule has 0 bridgehead atoms. The molecular formula is C29H28N2O3S. The van der Waals surface area contributed by atoms with E-state index in [0.717, 1.165) is 44.6 Å². The molecule has 1 aliphatic heterocycles. The van der Waals surface area contributed by atoms with E-state index in [1.54, 1.807) is 11.3 Å². The normalized spacial score (nSPS) is 15.0. The van der Waals surface area contributed by atoms with Gasteiger partial charge >= 0.3 is 0 Å². The zero-order chi connectivity index (χ0) is 24.2. The molecule has 178 valence electrons. The van der Waals surface area contributed by atoms with Gasteiger partial charge in [-0.2, -0.15) is 0 Å².